The van der Waals surface area contributed by atoms with Crippen molar-refractivity contribution < 1.29 is 8.42 Å². The standard InChI is InChI=1S/C17H28N2O2S/c1-11-12(2)14(4)17(15(5)13(11)3)22(20,21)19(6)16-7-9-18-10-8-16/h16,18H,7-10H2,1-6H3. The van der Waals surface area contributed by atoms with Crippen molar-refractivity contribution in [3.05, 3.63) is 27.8 Å². The second-order valence-corrected chi connectivity index (χ2v) is 8.39. The fourth-order valence-corrected chi connectivity index (χ4v) is 5.33. The lowest BCUT2D eigenvalue weighted by molar-refractivity contribution is 0.296. The van der Waals surface area contributed by atoms with Crippen LogP contribution in [0.15, 0.2) is 4.90 Å². The highest BCUT2D eigenvalue weighted by atomic mass is 32.2. The molecule has 1 aromatic rings. The third-order valence-electron chi connectivity index (χ3n) is 5.39. The number of nitrogens with zero attached hydrogens (tertiary/aromatic N) is 1. The van der Waals surface area contributed by atoms with Gasteiger partial charge in [-0.3, -0.25) is 0 Å². The van der Waals surface area contributed by atoms with Crippen molar-refractivity contribution in [1.82, 2.24) is 9.62 Å². The van der Waals surface area contributed by atoms with Gasteiger partial charge in [0.25, 0.3) is 0 Å². The third kappa shape index (κ3) is 2.82. The molecule has 0 aromatic heterocycles. The Morgan fingerprint density at radius 1 is 0.864 bits per heavy atom. The summed E-state index contributed by atoms with van der Waals surface area (Å²) in [5, 5.41) is 3.29. The molecule has 0 spiro atoms. The second kappa shape index (κ2) is 6.30. The second-order valence-electron chi connectivity index (χ2n) is 6.46. The van der Waals surface area contributed by atoms with Crippen molar-refractivity contribution >= 4 is 10.0 Å². The smallest absolute Gasteiger partial charge is 0.243 e. The van der Waals surface area contributed by atoms with Crippen LogP contribution in [-0.4, -0.2) is 38.9 Å². The maximum Gasteiger partial charge on any atom is 0.243 e. The van der Waals surface area contributed by atoms with Gasteiger partial charge in [-0.2, -0.15) is 4.31 Å². The minimum Gasteiger partial charge on any atom is -0.317 e. The minimum atomic E-state index is -3.46. The van der Waals surface area contributed by atoms with Crippen LogP contribution in [-0.2, 0) is 10.0 Å². The largest absolute Gasteiger partial charge is 0.317 e. The maximum atomic E-state index is 13.2. The summed E-state index contributed by atoms with van der Waals surface area (Å²) in [6, 6.07) is 0.0898. The van der Waals surface area contributed by atoms with Crippen LogP contribution < -0.4 is 5.32 Å². The minimum absolute atomic E-state index is 0.0898. The van der Waals surface area contributed by atoms with Gasteiger partial charge in [-0.15, -0.1) is 0 Å². The Morgan fingerprint density at radius 3 is 1.73 bits per heavy atom. The highest BCUT2D eigenvalue weighted by Gasteiger charge is 2.32. The van der Waals surface area contributed by atoms with Gasteiger partial charge in [-0.25, -0.2) is 8.42 Å². The topological polar surface area (TPSA) is 49.4 Å². The van der Waals surface area contributed by atoms with E-state index in [1.165, 1.54) is 5.56 Å². The van der Waals surface area contributed by atoms with E-state index < -0.39 is 10.0 Å². The summed E-state index contributed by atoms with van der Waals surface area (Å²) >= 11 is 0. The van der Waals surface area contributed by atoms with Crippen LogP contribution in [0.25, 0.3) is 0 Å². The van der Waals surface area contributed by atoms with Gasteiger partial charge in [0, 0.05) is 13.1 Å². The van der Waals surface area contributed by atoms with Crippen molar-refractivity contribution in [2.24, 2.45) is 0 Å². The third-order valence-corrected chi connectivity index (χ3v) is 7.58. The first-order chi connectivity index (χ1) is 10.2. The summed E-state index contributed by atoms with van der Waals surface area (Å²) < 4.78 is 28.0. The Labute approximate surface area is 135 Å². The van der Waals surface area contributed by atoms with Crippen LogP contribution in [0.1, 0.15) is 40.7 Å². The Balaban J connectivity index is 2.54. The zero-order valence-corrected chi connectivity index (χ0v) is 15.4. The molecular weight excluding hydrogens is 296 g/mol. The monoisotopic (exact) mass is 324 g/mol. The Kier molecular flexibility index (Phi) is 5.00. The number of rotatable bonds is 3. The van der Waals surface area contributed by atoms with Gasteiger partial charge in [-0.1, -0.05) is 0 Å². The van der Waals surface area contributed by atoms with E-state index in [2.05, 4.69) is 12.2 Å². The number of hydrogen-bond acceptors (Lipinski definition) is 3. The number of benzene rings is 1. The Bertz CT molecular complexity index is 645. The number of nitrogens with one attached hydrogen (secondary N) is 1. The summed E-state index contributed by atoms with van der Waals surface area (Å²) in [6.07, 6.45) is 1.75. The zero-order chi connectivity index (χ0) is 16.7. The Morgan fingerprint density at radius 2 is 1.27 bits per heavy atom. The molecule has 0 aliphatic carbocycles. The number of piperidine rings is 1. The van der Waals surface area contributed by atoms with Crippen molar-refractivity contribution in [2.75, 3.05) is 20.1 Å². The van der Waals surface area contributed by atoms with Gasteiger partial charge in [0.2, 0.25) is 10.0 Å². The molecule has 2 rings (SSSR count). The summed E-state index contributed by atoms with van der Waals surface area (Å²) in [6.45, 7) is 11.7. The first-order valence-electron chi connectivity index (χ1n) is 7.95. The molecule has 1 heterocycles. The molecule has 4 nitrogen and oxygen atoms in total. The molecule has 1 saturated heterocycles. The predicted octanol–water partition coefficient (Wildman–Crippen LogP) is 2.60. The van der Waals surface area contributed by atoms with Crippen LogP contribution >= 0.6 is 0 Å². The lowest BCUT2D eigenvalue weighted by atomic mass is 9.95. The van der Waals surface area contributed by atoms with E-state index in [-0.39, 0.29) is 6.04 Å². The molecule has 0 amide bonds. The molecule has 0 radical (unpaired) electrons. The average Bonchev–Trinajstić information content (AvgIpc) is 2.51. The van der Waals surface area contributed by atoms with Crippen LogP contribution in [0.3, 0.4) is 0 Å². The van der Waals surface area contributed by atoms with E-state index in [1.54, 1.807) is 11.4 Å². The first-order valence-corrected chi connectivity index (χ1v) is 9.39. The van der Waals surface area contributed by atoms with Crippen molar-refractivity contribution in [1.29, 1.82) is 0 Å². The van der Waals surface area contributed by atoms with Crippen molar-refractivity contribution in [2.45, 2.75) is 58.4 Å². The lowest BCUT2D eigenvalue weighted by Gasteiger charge is -2.32. The van der Waals surface area contributed by atoms with Gasteiger partial charge in [0.15, 0.2) is 0 Å². The molecule has 0 saturated carbocycles. The quantitative estimate of drug-likeness (QED) is 0.930. The van der Waals surface area contributed by atoms with Crippen LogP contribution in [0, 0.1) is 34.6 Å². The molecule has 0 bridgehead atoms. The van der Waals surface area contributed by atoms with Gasteiger partial charge >= 0.3 is 0 Å². The molecule has 0 atom stereocenters. The molecule has 5 heteroatoms. The SMILES string of the molecule is Cc1c(C)c(C)c(S(=O)(=O)N(C)C2CCNCC2)c(C)c1C. The van der Waals surface area contributed by atoms with Gasteiger partial charge < -0.3 is 5.32 Å². The Hall–Kier alpha value is -0.910. The van der Waals surface area contributed by atoms with Crippen LogP contribution in [0.4, 0.5) is 0 Å². The van der Waals surface area contributed by atoms with E-state index in [4.69, 9.17) is 0 Å². The van der Waals surface area contributed by atoms with Crippen molar-refractivity contribution in [3.8, 4) is 0 Å². The molecule has 22 heavy (non-hydrogen) atoms. The highest BCUT2D eigenvalue weighted by Crippen LogP contribution is 2.32. The lowest BCUT2D eigenvalue weighted by Crippen LogP contribution is -2.44. The highest BCUT2D eigenvalue weighted by molar-refractivity contribution is 7.89. The molecule has 0 unspecified atom stereocenters. The van der Waals surface area contributed by atoms with E-state index in [0.29, 0.717) is 4.90 Å². The van der Waals surface area contributed by atoms with Crippen LogP contribution in [0.5, 0.6) is 0 Å². The number of sulfonamides is 1. The average molecular weight is 324 g/mol. The first kappa shape index (κ1) is 17.4. The van der Waals surface area contributed by atoms with Gasteiger partial charge in [-0.05, 0) is 88.4 Å². The molecule has 1 aliphatic rings. The summed E-state index contributed by atoms with van der Waals surface area (Å²) in [4.78, 5) is 0.508. The molecule has 1 aromatic carbocycles. The summed E-state index contributed by atoms with van der Waals surface area (Å²) in [5.41, 5.74) is 5.14. The molecule has 1 N–H and O–H groups in total. The van der Waals surface area contributed by atoms with Crippen molar-refractivity contribution in [3.63, 3.8) is 0 Å². The predicted molar refractivity (Wildman–Crippen MR) is 91.0 cm³/mol. The summed E-state index contributed by atoms with van der Waals surface area (Å²) in [5.74, 6) is 0. The van der Waals surface area contributed by atoms with E-state index in [9.17, 15) is 8.42 Å². The fourth-order valence-electron chi connectivity index (χ4n) is 3.36. The molecule has 124 valence electrons. The van der Waals surface area contributed by atoms with E-state index in [0.717, 1.165) is 48.2 Å². The molecule has 1 fully saturated rings. The normalized spacial score (nSPS) is 17.2. The number of hydrogen-bond donors (Lipinski definition) is 1. The van der Waals surface area contributed by atoms with Gasteiger partial charge in [0.05, 0.1) is 4.90 Å². The molecular formula is C17H28N2O2S. The van der Waals surface area contributed by atoms with Gasteiger partial charge in [0.1, 0.15) is 0 Å². The zero-order valence-electron chi connectivity index (χ0n) is 14.6. The maximum absolute atomic E-state index is 13.2. The summed E-state index contributed by atoms with van der Waals surface area (Å²) in [7, 11) is -1.73. The molecule has 1 aliphatic heterocycles. The van der Waals surface area contributed by atoms with E-state index in [1.807, 2.05) is 27.7 Å². The fraction of sp³-hybridized carbons (Fsp3) is 0.647. The van der Waals surface area contributed by atoms with Crippen LogP contribution in [0.2, 0.25) is 0 Å². The van der Waals surface area contributed by atoms with E-state index >= 15 is 0 Å².